The van der Waals surface area contributed by atoms with E-state index in [9.17, 15) is 4.79 Å². The van der Waals surface area contributed by atoms with Gasteiger partial charge in [0.2, 0.25) is 0 Å². The fourth-order valence-corrected chi connectivity index (χ4v) is 1.77. The van der Waals surface area contributed by atoms with Crippen LogP contribution in [0.3, 0.4) is 0 Å². The first-order valence-electron chi connectivity index (χ1n) is 6.35. The molecule has 0 aromatic carbocycles. The monoisotopic (exact) mass is 243 g/mol. The molecule has 2 amide bonds. The van der Waals surface area contributed by atoms with E-state index in [2.05, 4.69) is 27.5 Å². The second-order valence-electron chi connectivity index (χ2n) is 4.47. The summed E-state index contributed by atoms with van der Waals surface area (Å²) >= 11 is 0. The van der Waals surface area contributed by atoms with Gasteiger partial charge in [-0.2, -0.15) is 0 Å². The molecule has 1 aliphatic rings. The second-order valence-corrected chi connectivity index (χ2v) is 4.47. The van der Waals surface area contributed by atoms with Gasteiger partial charge in [-0.05, 0) is 20.0 Å². The number of amides is 2. The van der Waals surface area contributed by atoms with Crippen molar-refractivity contribution in [1.29, 1.82) is 0 Å². The standard InChI is InChI=1S/C11H25N5O/c1-15-7-9-16(10-8-15)6-5-14-11(17)13-4-2-3-12/h2-10,12H2,1H3,(H2,13,14,17). The third-order valence-corrected chi connectivity index (χ3v) is 2.98. The van der Waals surface area contributed by atoms with Crippen molar-refractivity contribution in [2.45, 2.75) is 6.42 Å². The lowest BCUT2D eigenvalue weighted by Crippen LogP contribution is -2.47. The van der Waals surface area contributed by atoms with Gasteiger partial charge in [-0.15, -0.1) is 0 Å². The van der Waals surface area contributed by atoms with Crippen LogP contribution in [0.5, 0.6) is 0 Å². The SMILES string of the molecule is CN1CCN(CCNC(=O)NCCCN)CC1. The third-order valence-electron chi connectivity index (χ3n) is 2.98. The number of rotatable bonds is 6. The van der Waals surface area contributed by atoms with Crippen molar-refractivity contribution in [3.05, 3.63) is 0 Å². The van der Waals surface area contributed by atoms with Crippen LogP contribution < -0.4 is 16.4 Å². The lowest BCUT2D eigenvalue weighted by atomic mass is 10.3. The van der Waals surface area contributed by atoms with Gasteiger partial charge in [0.25, 0.3) is 0 Å². The van der Waals surface area contributed by atoms with E-state index in [1.165, 1.54) is 0 Å². The Bertz CT molecular complexity index is 216. The first kappa shape index (κ1) is 14.2. The molecule has 6 nitrogen and oxygen atoms in total. The highest BCUT2D eigenvalue weighted by Crippen LogP contribution is 1.97. The minimum absolute atomic E-state index is 0.0902. The van der Waals surface area contributed by atoms with E-state index < -0.39 is 0 Å². The fourth-order valence-electron chi connectivity index (χ4n) is 1.77. The number of urea groups is 1. The summed E-state index contributed by atoms with van der Waals surface area (Å²) in [6.07, 6.45) is 0.825. The lowest BCUT2D eigenvalue weighted by Gasteiger charge is -2.32. The Morgan fingerprint density at radius 2 is 1.82 bits per heavy atom. The molecule has 6 heteroatoms. The number of nitrogens with zero attached hydrogens (tertiary/aromatic N) is 2. The van der Waals surface area contributed by atoms with Crippen LogP contribution in [-0.2, 0) is 0 Å². The summed E-state index contributed by atoms with van der Waals surface area (Å²) in [6.45, 7) is 7.31. The van der Waals surface area contributed by atoms with Crippen molar-refractivity contribution in [2.75, 3.05) is 59.4 Å². The zero-order valence-corrected chi connectivity index (χ0v) is 10.7. The Balaban J connectivity index is 1.97. The highest BCUT2D eigenvalue weighted by atomic mass is 16.2. The van der Waals surface area contributed by atoms with Crippen molar-refractivity contribution in [2.24, 2.45) is 5.73 Å². The molecule has 0 aromatic heterocycles. The maximum Gasteiger partial charge on any atom is 0.314 e. The topological polar surface area (TPSA) is 73.6 Å². The van der Waals surface area contributed by atoms with Crippen LogP contribution in [-0.4, -0.2) is 75.2 Å². The van der Waals surface area contributed by atoms with Crippen molar-refractivity contribution in [1.82, 2.24) is 20.4 Å². The summed E-state index contributed by atoms with van der Waals surface area (Å²) in [4.78, 5) is 16.0. The van der Waals surface area contributed by atoms with Crippen molar-refractivity contribution >= 4 is 6.03 Å². The number of carbonyl (C=O) groups is 1. The molecule has 0 atom stereocenters. The fraction of sp³-hybridized carbons (Fsp3) is 0.909. The molecule has 0 aromatic rings. The molecule has 1 fully saturated rings. The smallest absolute Gasteiger partial charge is 0.314 e. The molecule has 0 aliphatic carbocycles. The van der Waals surface area contributed by atoms with Crippen molar-refractivity contribution < 1.29 is 4.79 Å². The second kappa shape index (κ2) is 8.27. The van der Waals surface area contributed by atoms with Crippen LogP contribution in [0, 0.1) is 0 Å². The molecule has 0 bridgehead atoms. The van der Waals surface area contributed by atoms with Crippen LogP contribution in [0.15, 0.2) is 0 Å². The molecule has 1 saturated heterocycles. The van der Waals surface area contributed by atoms with E-state index in [1.807, 2.05) is 0 Å². The number of piperazine rings is 1. The number of carbonyl (C=O) groups excluding carboxylic acids is 1. The number of nitrogens with two attached hydrogens (primary N) is 1. The van der Waals surface area contributed by atoms with Crippen LogP contribution in [0.1, 0.15) is 6.42 Å². The van der Waals surface area contributed by atoms with E-state index in [-0.39, 0.29) is 6.03 Å². The van der Waals surface area contributed by atoms with Crippen molar-refractivity contribution in [3.63, 3.8) is 0 Å². The summed E-state index contributed by atoms with van der Waals surface area (Å²) in [7, 11) is 2.14. The van der Waals surface area contributed by atoms with Gasteiger partial charge in [0.05, 0.1) is 0 Å². The maximum atomic E-state index is 11.3. The molecule has 4 N–H and O–H groups in total. The van der Waals surface area contributed by atoms with E-state index >= 15 is 0 Å². The quantitative estimate of drug-likeness (QED) is 0.517. The predicted octanol–water partition coefficient (Wildman–Crippen LogP) is -1.12. The van der Waals surface area contributed by atoms with Gasteiger partial charge in [0.1, 0.15) is 0 Å². The van der Waals surface area contributed by atoms with Gasteiger partial charge >= 0.3 is 6.03 Å². The maximum absolute atomic E-state index is 11.3. The zero-order chi connectivity index (χ0) is 12.5. The average molecular weight is 243 g/mol. The molecule has 0 unspecified atom stereocenters. The van der Waals surface area contributed by atoms with Crippen LogP contribution in [0.4, 0.5) is 4.79 Å². The predicted molar refractivity (Wildman–Crippen MR) is 69.0 cm³/mol. The van der Waals surface area contributed by atoms with Gasteiger partial charge < -0.3 is 21.3 Å². The van der Waals surface area contributed by atoms with Crippen LogP contribution in [0.2, 0.25) is 0 Å². The minimum Gasteiger partial charge on any atom is -0.338 e. The third kappa shape index (κ3) is 6.45. The lowest BCUT2D eigenvalue weighted by molar-refractivity contribution is 0.155. The minimum atomic E-state index is -0.0902. The van der Waals surface area contributed by atoms with Gasteiger partial charge in [-0.3, -0.25) is 4.90 Å². The molecular weight excluding hydrogens is 218 g/mol. The number of nitrogens with one attached hydrogen (secondary N) is 2. The van der Waals surface area contributed by atoms with Gasteiger partial charge in [0.15, 0.2) is 0 Å². The summed E-state index contributed by atoms with van der Waals surface area (Å²) < 4.78 is 0. The number of likely N-dealkylation sites (N-methyl/N-ethyl adjacent to an activating group) is 1. The summed E-state index contributed by atoms with van der Waals surface area (Å²) in [6, 6.07) is -0.0902. The van der Waals surface area contributed by atoms with E-state index in [4.69, 9.17) is 5.73 Å². The first-order valence-corrected chi connectivity index (χ1v) is 6.35. The van der Waals surface area contributed by atoms with Gasteiger partial charge in [-0.25, -0.2) is 4.79 Å². The largest absolute Gasteiger partial charge is 0.338 e. The summed E-state index contributed by atoms with van der Waals surface area (Å²) in [5.41, 5.74) is 5.34. The summed E-state index contributed by atoms with van der Waals surface area (Å²) in [5, 5.41) is 5.63. The molecule has 0 radical (unpaired) electrons. The molecule has 100 valence electrons. The van der Waals surface area contributed by atoms with Crippen molar-refractivity contribution in [3.8, 4) is 0 Å². The molecule has 0 spiro atoms. The Hall–Kier alpha value is -0.850. The molecule has 17 heavy (non-hydrogen) atoms. The molecule has 0 saturated carbocycles. The van der Waals surface area contributed by atoms with E-state index in [1.54, 1.807) is 0 Å². The van der Waals surface area contributed by atoms with Gasteiger partial charge in [0, 0.05) is 45.8 Å². The first-order chi connectivity index (χ1) is 8.22. The number of hydrogen-bond acceptors (Lipinski definition) is 4. The Morgan fingerprint density at radius 1 is 1.18 bits per heavy atom. The number of hydrogen-bond donors (Lipinski definition) is 3. The van der Waals surface area contributed by atoms with E-state index in [0.717, 1.165) is 39.1 Å². The molecule has 1 heterocycles. The highest BCUT2D eigenvalue weighted by molar-refractivity contribution is 5.73. The molecule has 1 rings (SSSR count). The molecular formula is C11H25N5O. The normalized spacial score (nSPS) is 18.0. The average Bonchev–Trinajstić information content (AvgIpc) is 2.32. The Morgan fingerprint density at radius 3 is 2.47 bits per heavy atom. The molecule has 1 aliphatic heterocycles. The van der Waals surface area contributed by atoms with Crippen LogP contribution in [0.25, 0.3) is 0 Å². The zero-order valence-electron chi connectivity index (χ0n) is 10.7. The Kier molecular flexibility index (Phi) is 6.91. The van der Waals surface area contributed by atoms with E-state index in [0.29, 0.717) is 19.6 Å². The summed E-state index contributed by atoms with van der Waals surface area (Å²) in [5.74, 6) is 0. The van der Waals surface area contributed by atoms with Crippen LogP contribution >= 0.6 is 0 Å². The highest BCUT2D eigenvalue weighted by Gasteiger charge is 2.12. The van der Waals surface area contributed by atoms with Gasteiger partial charge in [-0.1, -0.05) is 0 Å². The Labute approximate surface area is 104 Å².